The van der Waals surface area contributed by atoms with Gasteiger partial charge in [0.25, 0.3) is 0 Å². The molecule has 0 bridgehead atoms. The van der Waals surface area contributed by atoms with Crippen LogP contribution in [0.25, 0.3) is 0 Å². The highest BCUT2D eigenvalue weighted by Crippen LogP contribution is 2.27. The number of carbonyl (C=O) groups is 3. The van der Waals surface area contributed by atoms with Gasteiger partial charge in [-0.25, -0.2) is 8.42 Å². The summed E-state index contributed by atoms with van der Waals surface area (Å²) in [4.78, 5) is 38.3. The normalized spacial score (nSPS) is 19.4. The van der Waals surface area contributed by atoms with Gasteiger partial charge in [-0.1, -0.05) is 6.07 Å². The first-order valence-corrected chi connectivity index (χ1v) is 11.7. The average molecular weight is 471 g/mol. The lowest BCUT2D eigenvalue weighted by Crippen LogP contribution is -2.68. The fourth-order valence-corrected chi connectivity index (χ4v) is 4.12. The second-order valence-electron chi connectivity index (χ2n) is 7.73. The third kappa shape index (κ3) is 5.88. The van der Waals surface area contributed by atoms with Gasteiger partial charge >= 0.3 is 0 Å². The predicted octanol–water partition coefficient (Wildman–Crippen LogP) is -1.03. The van der Waals surface area contributed by atoms with Crippen LogP contribution in [0.5, 0.6) is 11.5 Å². The minimum atomic E-state index is -3.66. The van der Waals surface area contributed by atoms with Gasteiger partial charge in [-0.15, -0.1) is 0 Å². The highest BCUT2D eigenvalue weighted by Gasteiger charge is 2.47. The number of hydrogen-bond acceptors (Lipinski definition) is 7. The maximum absolute atomic E-state index is 12.7. The van der Waals surface area contributed by atoms with Crippen molar-refractivity contribution in [2.24, 2.45) is 0 Å². The van der Waals surface area contributed by atoms with Gasteiger partial charge in [-0.3, -0.25) is 14.4 Å². The van der Waals surface area contributed by atoms with Crippen LogP contribution in [0.1, 0.15) is 12.5 Å². The van der Waals surface area contributed by atoms with Gasteiger partial charge in [0.15, 0.2) is 11.5 Å². The van der Waals surface area contributed by atoms with Crippen molar-refractivity contribution in [1.82, 2.24) is 19.8 Å². The summed E-state index contributed by atoms with van der Waals surface area (Å²) in [5.41, 5.74) is -0.499. The smallest absolute Gasteiger partial charge is 0.247 e. The van der Waals surface area contributed by atoms with Crippen molar-refractivity contribution >= 4 is 27.7 Å². The molecule has 0 aromatic heterocycles. The number of piperazine rings is 1. The maximum Gasteiger partial charge on any atom is 0.247 e. The van der Waals surface area contributed by atoms with E-state index >= 15 is 0 Å². The summed E-state index contributed by atoms with van der Waals surface area (Å²) in [6.07, 6.45) is 1.52. The molecular weight excluding hydrogens is 440 g/mol. The molecular formula is C20H30N4O7S. The Balaban J connectivity index is 1.89. The van der Waals surface area contributed by atoms with Gasteiger partial charge < -0.3 is 25.0 Å². The van der Waals surface area contributed by atoms with Crippen LogP contribution >= 0.6 is 0 Å². The molecule has 1 aliphatic heterocycles. The third-order valence-corrected chi connectivity index (χ3v) is 6.66. The lowest BCUT2D eigenvalue weighted by molar-refractivity contribution is -0.150. The second-order valence-corrected chi connectivity index (χ2v) is 9.71. The number of nitrogens with one attached hydrogen (secondary N) is 2. The Morgan fingerprint density at radius 1 is 1.16 bits per heavy atom. The van der Waals surface area contributed by atoms with E-state index in [1.807, 2.05) is 12.1 Å². The Bertz CT molecular complexity index is 982. The SMILES string of the molecule is COc1ccc(CCNC(=O)CNC(=O)[C@]2(C)CN(S(C)(=O)=O)CC(=O)N2C)cc1OC. The van der Waals surface area contributed by atoms with Crippen LogP contribution in [-0.2, 0) is 30.8 Å². The Labute approximate surface area is 188 Å². The topological polar surface area (TPSA) is 134 Å². The number of hydrogen-bond donors (Lipinski definition) is 2. The molecule has 32 heavy (non-hydrogen) atoms. The number of amides is 3. The van der Waals surface area contributed by atoms with Crippen LogP contribution in [0.4, 0.5) is 0 Å². The minimum Gasteiger partial charge on any atom is -0.493 e. The van der Waals surface area contributed by atoms with Gasteiger partial charge in [0.2, 0.25) is 27.7 Å². The van der Waals surface area contributed by atoms with E-state index in [4.69, 9.17) is 9.47 Å². The molecule has 0 radical (unpaired) electrons. The molecule has 2 rings (SSSR count). The fraction of sp³-hybridized carbons (Fsp3) is 0.550. The van der Waals surface area contributed by atoms with Crippen LogP contribution in [0.3, 0.4) is 0 Å². The summed E-state index contributed by atoms with van der Waals surface area (Å²) in [6, 6.07) is 5.45. The average Bonchev–Trinajstić information content (AvgIpc) is 2.74. The molecule has 2 N–H and O–H groups in total. The molecule has 178 valence electrons. The zero-order valence-corrected chi connectivity index (χ0v) is 19.7. The summed E-state index contributed by atoms with van der Waals surface area (Å²) in [6.45, 7) is 0.977. The zero-order chi connectivity index (χ0) is 24.1. The van der Waals surface area contributed by atoms with E-state index < -0.39 is 33.3 Å². The van der Waals surface area contributed by atoms with E-state index in [-0.39, 0.29) is 19.6 Å². The number of carbonyl (C=O) groups excluding carboxylic acids is 3. The number of methoxy groups -OCH3 is 2. The lowest BCUT2D eigenvalue weighted by atomic mass is 9.96. The Morgan fingerprint density at radius 3 is 2.41 bits per heavy atom. The third-order valence-electron chi connectivity index (χ3n) is 5.46. The van der Waals surface area contributed by atoms with E-state index in [2.05, 4.69) is 10.6 Å². The van der Waals surface area contributed by atoms with Crippen LogP contribution < -0.4 is 20.1 Å². The number of likely N-dealkylation sites (N-methyl/N-ethyl adjacent to an activating group) is 1. The van der Waals surface area contributed by atoms with E-state index in [0.29, 0.717) is 24.5 Å². The number of nitrogens with zero attached hydrogens (tertiary/aromatic N) is 2. The van der Waals surface area contributed by atoms with Crippen LogP contribution in [0.2, 0.25) is 0 Å². The monoisotopic (exact) mass is 470 g/mol. The van der Waals surface area contributed by atoms with Gasteiger partial charge in [-0.2, -0.15) is 4.31 Å². The van der Waals surface area contributed by atoms with Gasteiger partial charge in [-0.05, 0) is 31.0 Å². The van der Waals surface area contributed by atoms with Crippen LogP contribution in [0, 0.1) is 0 Å². The van der Waals surface area contributed by atoms with E-state index in [1.54, 1.807) is 20.3 Å². The highest BCUT2D eigenvalue weighted by molar-refractivity contribution is 7.88. The van der Waals surface area contributed by atoms with Crippen molar-refractivity contribution in [3.63, 3.8) is 0 Å². The Morgan fingerprint density at radius 2 is 1.81 bits per heavy atom. The molecule has 0 aliphatic carbocycles. The molecule has 0 saturated carbocycles. The molecule has 0 spiro atoms. The van der Waals surface area contributed by atoms with Gasteiger partial charge in [0.1, 0.15) is 5.54 Å². The predicted molar refractivity (Wildman–Crippen MR) is 117 cm³/mol. The van der Waals surface area contributed by atoms with E-state index in [9.17, 15) is 22.8 Å². The van der Waals surface area contributed by atoms with Crippen molar-refractivity contribution in [3.8, 4) is 11.5 Å². The minimum absolute atomic E-state index is 0.194. The standard InChI is InChI=1S/C20H30N4O7S/c1-20(13-24(32(5,28)29)12-18(26)23(20)2)19(27)22-11-17(25)21-9-8-14-6-7-15(30-3)16(10-14)31-4/h6-7,10H,8-9,11-13H2,1-5H3,(H,21,25)(H,22,27)/t20-/m0/s1. The molecule has 1 aliphatic rings. The highest BCUT2D eigenvalue weighted by atomic mass is 32.2. The Hall–Kier alpha value is -2.86. The quantitative estimate of drug-likeness (QED) is 0.471. The summed E-state index contributed by atoms with van der Waals surface area (Å²) < 4.78 is 35.1. The molecule has 1 atom stereocenters. The summed E-state index contributed by atoms with van der Waals surface area (Å²) >= 11 is 0. The summed E-state index contributed by atoms with van der Waals surface area (Å²) in [5, 5.41) is 5.20. The number of ether oxygens (including phenoxy) is 2. The second kappa shape index (κ2) is 10.2. The fourth-order valence-electron chi connectivity index (χ4n) is 3.29. The number of sulfonamides is 1. The van der Waals surface area contributed by atoms with Crippen molar-refractivity contribution in [2.75, 3.05) is 53.7 Å². The van der Waals surface area contributed by atoms with Crippen molar-refractivity contribution in [2.45, 2.75) is 18.9 Å². The van der Waals surface area contributed by atoms with Crippen LogP contribution in [0.15, 0.2) is 18.2 Å². The molecule has 11 nitrogen and oxygen atoms in total. The van der Waals surface area contributed by atoms with Crippen molar-refractivity contribution < 1.29 is 32.3 Å². The molecule has 1 aromatic rings. The molecule has 0 unspecified atom stereocenters. The first kappa shape index (κ1) is 25.4. The zero-order valence-electron chi connectivity index (χ0n) is 18.9. The molecule has 1 fully saturated rings. The summed E-state index contributed by atoms with van der Waals surface area (Å²) in [7, 11) is 0.867. The molecule has 1 aromatic carbocycles. The van der Waals surface area contributed by atoms with E-state index in [0.717, 1.165) is 16.1 Å². The number of rotatable bonds is 9. The molecule has 3 amide bonds. The van der Waals surface area contributed by atoms with Gasteiger partial charge in [0, 0.05) is 20.1 Å². The first-order chi connectivity index (χ1) is 14.9. The maximum atomic E-state index is 12.7. The molecule has 1 heterocycles. The van der Waals surface area contributed by atoms with E-state index in [1.165, 1.54) is 18.9 Å². The molecule has 12 heteroatoms. The first-order valence-electron chi connectivity index (χ1n) is 9.90. The lowest BCUT2D eigenvalue weighted by Gasteiger charge is -2.44. The number of benzene rings is 1. The Kier molecular flexibility index (Phi) is 8.07. The largest absolute Gasteiger partial charge is 0.493 e. The van der Waals surface area contributed by atoms with Crippen molar-refractivity contribution in [3.05, 3.63) is 23.8 Å². The van der Waals surface area contributed by atoms with Crippen LogP contribution in [-0.4, -0.2) is 94.6 Å². The van der Waals surface area contributed by atoms with Crippen molar-refractivity contribution in [1.29, 1.82) is 0 Å². The van der Waals surface area contributed by atoms with Gasteiger partial charge in [0.05, 0.1) is 33.6 Å². The molecule has 1 saturated heterocycles. The summed E-state index contributed by atoms with van der Waals surface area (Å²) in [5.74, 6) is -0.328.